The van der Waals surface area contributed by atoms with E-state index in [0.29, 0.717) is 32.1 Å². The van der Waals surface area contributed by atoms with E-state index in [1.807, 2.05) is 4.90 Å². The Bertz CT molecular complexity index is 377. The molecular weight excluding hydrogens is 254 g/mol. The van der Waals surface area contributed by atoms with E-state index in [9.17, 15) is 10.1 Å². The van der Waals surface area contributed by atoms with Crippen molar-refractivity contribution in [1.82, 2.24) is 9.80 Å². The average molecular weight is 279 g/mol. The predicted octanol–water partition coefficient (Wildman–Crippen LogP) is 1.25. The molecule has 0 spiro atoms. The largest absolute Gasteiger partial charge is 0.381 e. The molecule has 5 heteroatoms. The van der Waals surface area contributed by atoms with Crippen LogP contribution in [0, 0.1) is 16.7 Å². The Morgan fingerprint density at radius 1 is 1.30 bits per heavy atom. The Morgan fingerprint density at radius 2 is 1.90 bits per heavy atom. The minimum absolute atomic E-state index is 0.0205. The van der Waals surface area contributed by atoms with E-state index in [2.05, 4.69) is 24.8 Å². The Kier molecular flexibility index (Phi) is 5.00. The summed E-state index contributed by atoms with van der Waals surface area (Å²) in [5.74, 6) is 0.0205. The van der Waals surface area contributed by atoms with Crippen LogP contribution >= 0.6 is 0 Å². The fraction of sp³-hybridized carbons (Fsp3) is 0.867. The minimum Gasteiger partial charge on any atom is -0.381 e. The van der Waals surface area contributed by atoms with Crippen LogP contribution in [0.5, 0.6) is 0 Å². The van der Waals surface area contributed by atoms with Crippen molar-refractivity contribution in [1.29, 1.82) is 5.26 Å². The number of carbonyl (C=O) groups excluding carboxylic acids is 1. The number of rotatable bonds is 3. The molecular formula is C15H25N3O2. The first-order valence-corrected chi connectivity index (χ1v) is 7.65. The van der Waals surface area contributed by atoms with Gasteiger partial charge in [0.05, 0.1) is 6.07 Å². The Balaban J connectivity index is 1.96. The van der Waals surface area contributed by atoms with Gasteiger partial charge in [-0.15, -0.1) is 0 Å². The SMILES string of the molecule is CCC(C)N1CCN(C(=O)C2(C#N)CCOCC2)CC1. The third-order valence-electron chi connectivity index (χ3n) is 4.79. The second-order valence-electron chi connectivity index (χ2n) is 5.89. The molecule has 2 heterocycles. The highest BCUT2D eigenvalue weighted by Gasteiger charge is 2.43. The van der Waals surface area contributed by atoms with Gasteiger partial charge >= 0.3 is 0 Å². The van der Waals surface area contributed by atoms with Crippen molar-refractivity contribution in [2.75, 3.05) is 39.4 Å². The highest BCUT2D eigenvalue weighted by molar-refractivity contribution is 5.85. The van der Waals surface area contributed by atoms with E-state index in [1.54, 1.807) is 0 Å². The molecule has 0 aliphatic carbocycles. The fourth-order valence-corrected chi connectivity index (χ4v) is 3.02. The van der Waals surface area contributed by atoms with Crippen LogP contribution in [0.15, 0.2) is 0 Å². The molecule has 0 saturated carbocycles. The fourth-order valence-electron chi connectivity index (χ4n) is 3.02. The maximum atomic E-state index is 12.7. The zero-order valence-electron chi connectivity index (χ0n) is 12.6. The maximum Gasteiger partial charge on any atom is 0.243 e. The maximum absolute atomic E-state index is 12.7. The molecule has 0 aromatic heterocycles. The predicted molar refractivity (Wildman–Crippen MR) is 76.0 cm³/mol. The van der Waals surface area contributed by atoms with Crippen molar-refractivity contribution in [2.24, 2.45) is 5.41 Å². The number of carbonyl (C=O) groups is 1. The van der Waals surface area contributed by atoms with Crippen LogP contribution in [-0.4, -0.2) is 61.1 Å². The standard InChI is InChI=1S/C15H25N3O2/c1-3-13(2)17-6-8-18(9-7-17)14(19)15(12-16)4-10-20-11-5-15/h13H,3-11H2,1-2H3. The van der Waals surface area contributed by atoms with Crippen molar-refractivity contribution in [3.63, 3.8) is 0 Å². The quantitative estimate of drug-likeness (QED) is 0.780. The topological polar surface area (TPSA) is 56.6 Å². The zero-order valence-corrected chi connectivity index (χ0v) is 12.6. The lowest BCUT2D eigenvalue weighted by atomic mass is 9.80. The second kappa shape index (κ2) is 6.55. The highest BCUT2D eigenvalue weighted by Crippen LogP contribution is 2.32. The average Bonchev–Trinajstić information content (AvgIpc) is 2.54. The lowest BCUT2D eigenvalue weighted by Gasteiger charge is -2.41. The number of hydrogen-bond acceptors (Lipinski definition) is 4. The highest BCUT2D eigenvalue weighted by atomic mass is 16.5. The van der Waals surface area contributed by atoms with E-state index in [4.69, 9.17) is 4.74 Å². The first kappa shape index (κ1) is 15.3. The third-order valence-corrected chi connectivity index (χ3v) is 4.79. The molecule has 2 aliphatic heterocycles. The molecule has 112 valence electrons. The Hall–Kier alpha value is -1.12. The van der Waals surface area contributed by atoms with Crippen LogP contribution in [-0.2, 0) is 9.53 Å². The van der Waals surface area contributed by atoms with E-state index in [1.165, 1.54) is 0 Å². The summed E-state index contributed by atoms with van der Waals surface area (Å²) < 4.78 is 5.30. The van der Waals surface area contributed by atoms with Gasteiger partial charge in [-0.1, -0.05) is 6.92 Å². The van der Waals surface area contributed by atoms with Gasteiger partial charge in [0.2, 0.25) is 5.91 Å². The first-order chi connectivity index (χ1) is 9.63. The molecule has 2 rings (SSSR count). The number of hydrogen-bond donors (Lipinski definition) is 0. The molecule has 0 radical (unpaired) electrons. The van der Waals surface area contributed by atoms with Crippen LogP contribution in [0.4, 0.5) is 0 Å². The summed E-state index contributed by atoms with van der Waals surface area (Å²) in [6.07, 6.45) is 2.20. The van der Waals surface area contributed by atoms with Gasteiger partial charge in [0, 0.05) is 45.4 Å². The molecule has 0 N–H and O–H groups in total. The number of piperazine rings is 1. The third kappa shape index (κ3) is 2.97. The van der Waals surface area contributed by atoms with E-state index in [0.717, 1.165) is 32.6 Å². The monoisotopic (exact) mass is 279 g/mol. The lowest BCUT2D eigenvalue weighted by molar-refractivity contribution is -0.145. The summed E-state index contributed by atoms with van der Waals surface area (Å²) >= 11 is 0. The lowest BCUT2D eigenvalue weighted by Crippen LogP contribution is -2.55. The molecule has 2 saturated heterocycles. The number of nitriles is 1. The molecule has 1 unspecified atom stereocenters. The Labute approximate surface area is 121 Å². The molecule has 0 aromatic carbocycles. The van der Waals surface area contributed by atoms with Gasteiger partial charge in [0.25, 0.3) is 0 Å². The van der Waals surface area contributed by atoms with E-state index >= 15 is 0 Å². The van der Waals surface area contributed by atoms with Crippen molar-refractivity contribution in [3.05, 3.63) is 0 Å². The summed E-state index contributed by atoms with van der Waals surface area (Å²) in [5.41, 5.74) is -0.837. The first-order valence-electron chi connectivity index (χ1n) is 7.65. The van der Waals surface area contributed by atoms with Crippen molar-refractivity contribution in [3.8, 4) is 6.07 Å². The molecule has 20 heavy (non-hydrogen) atoms. The summed E-state index contributed by atoms with van der Waals surface area (Å²) in [6.45, 7) is 8.78. The van der Waals surface area contributed by atoms with E-state index < -0.39 is 5.41 Å². The van der Waals surface area contributed by atoms with Gasteiger partial charge in [-0.2, -0.15) is 5.26 Å². The van der Waals surface area contributed by atoms with Gasteiger partial charge in [0.1, 0.15) is 5.41 Å². The number of nitrogens with zero attached hydrogens (tertiary/aromatic N) is 3. The van der Waals surface area contributed by atoms with Crippen LogP contribution in [0.3, 0.4) is 0 Å². The van der Waals surface area contributed by atoms with Crippen molar-refractivity contribution in [2.45, 2.75) is 39.2 Å². The van der Waals surface area contributed by atoms with Crippen molar-refractivity contribution < 1.29 is 9.53 Å². The van der Waals surface area contributed by atoms with Crippen LogP contribution in [0.25, 0.3) is 0 Å². The second-order valence-corrected chi connectivity index (χ2v) is 5.89. The Morgan fingerprint density at radius 3 is 2.40 bits per heavy atom. The summed E-state index contributed by atoms with van der Waals surface area (Å²) in [6, 6.07) is 2.84. The van der Waals surface area contributed by atoms with Gasteiger partial charge in [-0.25, -0.2) is 0 Å². The number of ether oxygens (including phenoxy) is 1. The number of amides is 1. The molecule has 0 bridgehead atoms. The van der Waals surface area contributed by atoms with Crippen LogP contribution < -0.4 is 0 Å². The molecule has 2 fully saturated rings. The van der Waals surface area contributed by atoms with Crippen molar-refractivity contribution >= 4 is 5.91 Å². The van der Waals surface area contributed by atoms with Gasteiger partial charge < -0.3 is 9.64 Å². The minimum atomic E-state index is -0.837. The molecule has 5 nitrogen and oxygen atoms in total. The van der Waals surface area contributed by atoms with Gasteiger partial charge in [0.15, 0.2) is 0 Å². The smallest absolute Gasteiger partial charge is 0.243 e. The molecule has 0 aromatic rings. The normalized spacial score (nSPS) is 24.9. The van der Waals surface area contributed by atoms with E-state index in [-0.39, 0.29) is 5.91 Å². The summed E-state index contributed by atoms with van der Waals surface area (Å²) in [7, 11) is 0. The van der Waals surface area contributed by atoms with Gasteiger partial charge in [-0.05, 0) is 26.2 Å². The zero-order chi connectivity index (χ0) is 14.6. The molecule has 2 aliphatic rings. The summed E-state index contributed by atoms with van der Waals surface area (Å²) in [5, 5.41) is 9.46. The van der Waals surface area contributed by atoms with Crippen LogP contribution in [0.2, 0.25) is 0 Å². The molecule has 1 amide bonds. The summed E-state index contributed by atoms with van der Waals surface area (Å²) in [4.78, 5) is 17.0. The molecule has 1 atom stereocenters. The van der Waals surface area contributed by atoms with Gasteiger partial charge in [-0.3, -0.25) is 9.69 Å². The van der Waals surface area contributed by atoms with Crippen LogP contribution in [0.1, 0.15) is 33.1 Å².